The van der Waals surface area contributed by atoms with Crippen LogP contribution < -0.4 is 10.9 Å². The van der Waals surface area contributed by atoms with E-state index in [1.807, 2.05) is 6.92 Å². The number of nitrogens with zero attached hydrogens (tertiary/aromatic N) is 3. The van der Waals surface area contributed by atoms with Gasteiger partial charge in [0.05, 0.1) is 16.9 Å². The van der Waals surface area contributed by atoms with E-state index >= 15 is 8.78 Å². The smallest absolute Gasteiger partial charge is 0.407 e. The first-order valence-corrected chi connectivity index (χ1v) is 15.1. The number of nitrogens with one attached hydrogen (secondary N) is 2. The van der Waals surface area contributed by atoms with E-state index in [4.69, 9.17) is 5.11 Å². The number of likely N-dealkylation sites (tertiary alicyclic amines) is 1. The Morgan fingerprint density at radius 2 is 1.85 bits per heavy atom. The normalized spacial score (nSPS) is 19.4. The summed E-state index contributed by atoms with van der Waals surface area (Å²) in [6.45, 7) is 1.97. The minimum absolute atomic E-state index is 0.0300. The van der Waals surface area contributed by atoms with E-state index in [1.165, 1.54) is 18.5 Å². The molecule has 0 bridgehead atoms. The molecule has 0 saturated carbocycles. The molecule has 2 aliphatic heterocycles. The number of halogens is 2. The van der Waals surface area contributed by atoms with Gasteiger partial charge in [-0.3, -0.25) is 4.79 Å². The lowest BCUT2D eigenvalue weighted by atomic mass is 9.85. The number of aromatic nitrogens is 3. The van der Waals surface area contributed by atoms with Gasteiger partial charge in [-0.25, -0.2) is 32.0 Å². The Hall–Kier alpha value is -3.61. The third-order valence-corrected chi connectivity index (χ3v) is 9.79. The number of amides is 1. The zero-order valence-corrected chi connectivity index (χ0v) is 22.8. The zero-order valence-electron chi connectivity index (χ0n) is 21.9. The number of carbonyl (C=O) groups is 1. The van der Waals surface area contributed by atoms with Crippen LogP contribution in [-0.2, 0) is 15.8 Å². The number of rotatable bonds is 6. The molecule has 0 aliphatic carbocycles. The molecule has 2 aromatic heterocycles. The predicted octanol–water partition coefficient (Wildman–Crippen LogP) is 4.27. The summed E-state index contributed by atoms with van der Waals surface area (Å²) in [5, 5.41) is 12.9. The minimum atomic E-state index is -3.12. The van der Waals surface area contributed by atoms with Crippen LogP contribution in [0.2, 0.25) is 0 Å². The molecule has 0 radical (unpaired) electrons. The van der Waals surface area contributed by atoms with Gasteiger partial charge in [0.2, 0.25) is 0 Å². The minimum Gasteiger partial charge on any atom is -0.465 e. The van der Waals surface area contributed by atoms with Gasteiger partial charge in [-0.05, 0) is 56.2 Å². The Morgan fingerprint density at radius 1 is 1.15 bits per heavy atom. The molecule has 0 unspecified atom stereocenters. The number of benzene rings is 1. The topological polar surface area (TPSA) is 145 Å². The number of carboxylic acid groups (broad SMARTS) is 1. The molecule has 2 fully saturated rings. The number of sulfone groups is 1. The Labute approximate surface area is 229 Å². The lowest BCUT2D eigenvalue weighted by Crippen LogP contribution is -2.41. The van der Waals surface area contributed by atoms with Gasteiger partial charge >= 0.3 is 6.09 Å². The number of hydrogen-bond acceptors (Lipinski definition) is 7. The Kier molecular flexibility index (Phi) is 7.51. The fourth-order valence-electron chi connectivity index (χ4n) is 5.62. The molecular formula is C27H31F2N5O5S. The van der Waals surface area contributed by atoms with Crippen LogP contribution >= 0.6 is 0 Å². The molecule has 2 aliphatic rings. The van der Waals surface area contributed by atoms with E-state index in [2.05, 4.69) is 20.3 Å². The zero-order chi connectivity index (χ0) is 28.7. The molecule has 1 atom stereocenters. The molecular weight excluding hydrogens is 544 g/mol. The summed E-state index contributed by atoms with van der Waals surface area (Å²) >= 11 is 0. The van der Waals surface area contributed by atoms with Crippen LogP contribution in [-0.4, -0.2) is 64.1 Å². The molecule has 1 aromatic carbocycles. The number of piperidine rings is 1. The molecule has 3 N–H and O–H groups in total. The van der Waals surface area contributed by atoms with E-state index in [9.17, 15) is 18.0 Å². The average molecular weight is 576 g/mol. The van der Waals surface area contributed by atoms with E-state index in [-0.39, 0.29) is 54.5 Å². The highest BCUT2D eigenvalue weighted by Crippen LogP contribution is 2.42. The number of H-pyrrole nitrogens is 1. The van der Waals surface area contributed by atoms with Crippen molar-refractivity contribution in [3.8, 4) is 0 Å². The first-order chi connectivity index (χ1) is 18.9. The van der Waals surface area contributed by atoms with Gasteiger partial charge in [-0.15, -0.1) is 0 Å². The van der Waals surface area contributed by atoms with Gasteiger partial charge < -0.3 is 20.3 Å². The highest BCUT2D eigenvalue weighted by atomic mass is 32.2. The van der Waals surface area contributed by atoms with Crippen LogP contribution in [0.25, 0.3) is 11.0 Å². The summed E-state index contributed by atoms with van der Waals surface area (Å²) in [6.07, 6.45) is 1.09. The van der Waals surface area contributed by atoms with Crippen molar-refractivity contribution in [2.24, 2.45) is 5.92 Å². The monoisotopic (exact) mass is 575 g/mol. The van der Waals surface area contributed by atoms with Crippen LogP contribution in [0.4, 0.5) is 19.4 Å². The quantitative estimate of drug-likeness (QED) is 0.395. The maximum atomic E-state index is 15.5. The predicted molar refractivity (Wildman–Crippen MR) is 145 cm³/mol. The molecule has 4 heterocycles. The maximum absolute atomic E-state index is 15.5. The third-order valence-electron chi connectivity index (χ3n) is 8.08. The van der Waals surface area contributed by atoms with Crippen molar-refractivity contribution in [2.45, 2.75) is 50.5 Å². The summed E-state index contributed by atoms with van der Waals surface area (Å²) in [5.74, 6) is -3.81. The third kappa shape index (κ3) is 5.65. The molecule has 10 nitrogen and oxygen atoms in total. The lowest BCUT2D eigenvalue weighted by molar-refractivity contribution is -0.0836. The van der Waals surface area contributed by atoms with Gasteiger partial charge in [0.1, 0.15) is 27.6 Å². The molecule has 2 saturated heterocycles. The summed E-state index contributed by atoms with van der Waals surface area (Å²) in [6, 6.07) is 7.43. The van der Waals surface area contributed by atoms with Crippen LogP contribution in [0.1, 0.15) is 61.3 Å². The SMILES string of the molecule is C[C@@H](Nc1ncnc2[nH]c(=O)c(C3CCS(=O)(=O)CC3)cc12)c1cccc(C(F)(F)C2CCN(C(=O)O)CC2)c1. The molecule has 214 valence electrons. The van der Waals surface area contributed by atoms with Gasteiger partial charge in [-0.1, -0.05) is 18.2 Å². The van der Waals surface area contributed by atoms with Crippen molar-refractivity contribution in [1.29, 1.82) is 0 Å². The average Bonchev–Trinajstić information content (AvgIpc) is 2.93. The van der Waals surface area contributed by atoms with Crippen molar-refractivity contribution in [3.63, 3.8) is 0 Å². The highest BCUT2D eigenvalue weighted by molar-refractivity contribution is 7.91. The van der Waals surface area contributed by atoms with E-state index in [0.29, 0.717) is 40.8 Å². The number of fused-ring (bicyclic) bond motifs is 1. The summed E-state index contributed by atoms with van der Waals surface area (Å²) in [7, 11) is -3.09. The number of hydrogen-bond donors (Lipinski definition) is 3. The largest absolute Gasteiger partial charge is 0.465 e. The van der Waals surface area contributed by atoms with Crippen LogP contribution in [0.15, 0.2) is 41.5 Å². The molecule has 3 aromatic rings. The first kappa shape index (κ1) is 27.9. The maximum Gasteiger partial charge on any atom is 0.407 e. The number of aromatic amines is 1. The summed E-state index contributed by atoms with van der Waals surface area (Å²) in [4.78, 5) is 36.4. The van der Waals surface area contributed by atoms with Crippen molar-refractivity contribution in [1.82, 2.24) is 19.9 Å². The molecule has 5 rings (SSSR count). The van der Waals surface area contributed by atoms with Gasteiger partial charge in [0, 0.05) is 36.2 Å². The molecule has 13 heteroatoms. The molecule has 1 amide bonds. The second kappa shape index (κ2) is 10.8. The number of pyridine rings is 1. The number of alkyl halides is 2. The summed E-state index contributed by atoms with van der Waals surface area (Å²) < 4.78 is 54.7. The fourth-order valence-corrected chi connectivity index (χ4v) is 7.12. The van der Waals surface area contributed by atoms with Crippen LogP contribution in [0.3, 0.4) is 0 Å². The van der Waals surface area contributed by atoms with Gasteiger partial charge in [-0.2, -0.15) is 0 Å². The molecule has 0 spiro atoms. The lowest BCUT2D eigenvalue weighted by Gasteiger charge is -2.35. The highest BCUT2D eigenvalue weighted by Gasteiger charge is 2.43. The van der Waals surface area contributed by atoms with Crippen molar-refractivity contribution in [3.05, 3.63) is 63.7 Å². The van der Waals surface area contributed by atoms with Crippen LogP contribution in [0.5, 0.6) is 0 Å². The van der Waals surface area contributed by atoms with Crippen molar-refractivity contribution < 1.29 is 27.1 Å². The van der Waals surface area contributed by atoms with Gasteiger partial charge in [0.15, 0.2) is 0 Å². The Bertz CT molecular complexity index is 1570. The first-order valence-electron chi connectivity index (χ1n) is 13.3. The Morgan fingerprint density at radius 3 is 2.52 bits per heavy atom. The van der Waals surface area contributed by atoms with E-state index < -0.39 is 33.8 Å². The fraction of sp³-hybridized carbons (Fsp3) is 0.481. The standard InChI is InChI=1S/C27H31F2N5O5S/c1-16(18-3-2-4-20(13-18)27(28,29)19-5-9-34(10-6-19)26(36)37)32-23-22-14-21(17-7-11-40(38,39)12-8-17)25(35)33-24(22)31-15-30-23/h2-4,13-17,19H,5-12H2,1H3,(H,36,37)(H2,30,31,32,33,35)/t16-/m1/s1. The summed E-state index contributed by atoms with van der Waals surface area (Å²) in [5.41, 5.74) is 0.949. The second-order valence-electron chi connectivity index (χ2n) is 10.6. The van der Waals surface area contributed by atoms with Crippen LogP contribution in [0, 0.1) is 5.92 Å². The van der Waals surface area contributed by atoms with E-state index in [1.54, 1.807) is 18.2 Å². The van der Waals surface area contributed by atoms with Crippen molar-refractivity contribution >= 4 is 32.8 Å². The number of anilines is 1. The molecule has 40 heavy (non-hydrogen) atoms. The van der Waals surface area contributed by atoms with E-state index in [0.717, 1.165) is 4.90 Å². The Balaban J connectivity index is 1.37. The van der Waals surface area contributed by atoms with Gasteiger partial charge in [0.25, 0.3) is 11.5 Å². The van der Waals surface area contributed by atoms with Crippen molar-refractivity contribution in [2.75, 3.05) is 29.9 Å². The second-order valence-corrected chi connectivity index (χ2v) is 12.9.